The summed E-state index contributed by atoms with van der Waals surface area (Å²) in [5.74, 6) is 0.529. The van der Waals surface area contributed by atoms with Crippen LogP contribution in [0.1, 0.15) is 36.4 Å². The van der Waals surface area contributed by atoms with Crippen LogP contribution in [0.5, 0.6) is 0 Å². The molecular weight excluding hydrogens is 338 g/mol. The summed E-state index contributed by atoms with van der Waals surface area (Å²) in [7, 11) is 3.62. The molecule has 6 nitrogen and oxygen atoms in total. The summed E-state index contributed by atoms with van der Waals surface area (Å²) in [5, 5.41) is 3.15. The number of likely N-dealkylation sites (tertiary alicyclic amines) is 1. The highest BCUT2D eigenvalue weighted by Crippen LogP contribution is 2.42. The maximum atomic E-state index is 12.1. The summed E-state index contributed by atoms with van der Waals surface area (Å²) in [6, 6.07) is 0.103. The Morgan fingerprint density at radius 2 is 2.24 bits per heavy atom. The Labute approximate surface area is 154 Å². The van der Waals surface area contributed by atoms with E-state index in [2.05, 4.69) is 10.4 Å². The molecule has 1 aromatic rings. The number of amides is 2. The quantitative estimate of drug-likeness (QED) is 0.751. The molecule has 0 aliphatic carbocycles. The molecule has 0 radical (unpaired) electrons. The Hall–Kier alpha value is -1.18. The summed E-state index contributed by atoms with van der Waals surface area (Å²) < 4.78 is 12.0. The van der Waals surface area contributed by atoms with Gasteiger partial charge in [-0.25, -0.2) is 9.78 Å². The molecule has 0 bridgehead atoms. The number of aryl methyl sites for hydroxylation is 1. The Morgan fingerprint density at radius 1 is 1.48 bits per heavy atom. The van der Waals surface area contributed by atoms with Gasteiger partial charge in [0.15, 0.2) is 0 Å². The monoisotopic (exact) mass is 367 g/mol. The van der Waals surface area contributed by atoms with Gasteiger partial charge in [-0.1, -0.05) is 0 Å². The molecule has 0 saturated carbocycles. The second-order valence-electron chi connectivity index (χ2n) is 7.26. The lowest BCUT2D eigenvalue weighted by molar-refractivity contribution is -0.0670. The zero-order chi connectivity index (χ0) is 17.9. The number of thiazole rings is 1. The van der Waals surface area contributed by atoms with Crippen LogP contribution in [0, 0.1) is 12.8 Å². The molecule has 0 aromatic carbocycles. The Bertz CT molecular complexity index is 582. The van der Waals surface area contributed by atoms with Crippen molar-refractivity contribution in [2.45, 2.75) is 44.8 Å². The largest absolute Gasteiger partial charge is 0.375 e. The molecule has 1 aromatic heterocycles. The Morgan fingerprint density at radius 3 is 2.88 bits per heavy atom. The number of nitrogens with zero attached hydrogens (tertiary/aromatic N) is 3. The minimum atomic E-state index is -0.0519. The fraction of sp³-hybridized carbons (Fsp3) is 0.778. The molecule has 2 aliphatic rings. The molecule has 2 aliphatic heterocycles. The number of rotatable bonds is 5. The van der Waals surface area contributed by atoms with Gasteiger partial charge in [0.1, 0.15) is 0 Å². The van der Waals surface area contributed by atoms with E-state index in [0.717, 1.165) is 62.7 Å². The van der Waals surface area contributed by atoms with Gasteiger partial charge in [-0.15, -0.1) is 11.3 Å². The van der Waals surface area contributed by atoms with Gasteiger partial charge < -0.3 is 19.3 Å². The van der Waals surface area contributed by atoms with Crippen LogP contribution in [0.2, 0.25) is 0 Å². The van der Waals surface area contributed by atoms with Crippen LogP contribution in [0.15, 0.2) is 5.38 Å². The third kappa shape index (κ3) is 4.33. The summed E-state index contributed by atoms with van der Waals surface area (Å²) in [6.45, 7) is 5.75. The van der Waals surface area contributed by atoms with Gasteiger partial charge in [0, 0.05) is 45.8 Å². The molecule has 140 valence electrons. The van der Waals surface area contributed by atoms with Gasteiger partial charge in [0.25, 0.3) is 0 Å². The van der Waals surface area contributed by atoms with Crippen molar-refractivity contribution < 1.29 is 14.3 Å². The van der Waals surface area contributed by atoms with Crippen molar-refractivity contribution in [3.8, 4) is 0 Å². The van der Waals surface area contributed by atoms with Crippen molar-refractivity contribution in [3.63, 3.8) is 0 Å². The van der Waals surface area contributed by atoms with E-state index < -0.39 is 0 Å². The highest BCUT2D eigenvalue weighted by atomic mass is 32.1. The molecule has 0 N–H and O–H groups in total. The number of hydrogen-bond acceptors (Lipinski definition) is 5. The normalized spacial score (nSPS) is 22.5. The fourth-order valence-electron chi connectivity index (χ4n) is 3.98. The lowest BCUT2D eigenvalue weighted by Crippen LogP contribution is -2.51. The van der Waals surface area contributed by atoms with Crippen LogP contribution in [0.3, 0.4) is 0 Å². The maximum Gasteiger partial charge on any atom is 0.319 e. The van der Waals surface area contributed by atoms with Gasteiger partial charge in [-0.3, -0.25) is 0 Å². The summed E-state index contributed by atoms with van der Waals surface area (Å²) >= 11 is 1.66. The standard InChI is InChI=1S/C18H29N3O3S/c1-14-19-16(13-25-14)12-23-10-4-15-5-11-24-18(15)6-8-21(9-7-18)17(22)20(2)3/h13,15H,4-12H2,1-3H3. The number of urea groups is 1. The molecule has 1 atom stereocenters. The van der Waals surface area contributed by atoms with Crippen molar-refractivity contribution in [1.82, 2.24) is 14.8 Å². The van der Waals surface area contributed by atoms with Gasteiger partial charge in [0.2, 0.25) is 0 Å². The second-order valence-corrected chi connectivity index (χ2v) is 8.32. The number of carbonyl (C=O) groups excluding carboxylic acids is 1. The maximum absolute atomic E-state index is 12.1. The number of carbonyl (C=O) groups is 1. The number of hydrogen-bond donors (Lipinski definition) is 0. The third-order valence-corrected chi connectivity index (χ3v) is 6.21. The van der Waals surface area contributed by atoms with Crippen LogP contribution in [-0.2, 0) is 16.1 Å². The number of piperidine rings is 1. The molecular formula is C18H29N3O3S. The first-order valence-electron chi connectivity index (χ1n) is 9.09. The van der Waals surface area contributed by atoms with Crippen LogP contribution in [0.25, 0.3) is 0 Å². The second kappa shape index (κ2) is 8.01. The van der Waals surface area contributed by atoms with Crippen LogP contribution < -0.4 is 0 Å². The van der Waals surface area contributed by atoms with Gasteiger partial charge in [0.05, 0.1) is 22.9 Å². The van der Waals surface area contributed by atoms with Crippen LogP contribution in [-0.4, -0.2) is 66.8 Å². The lowest BCUT2D eigenvalue weighted by Gasteiger charge is -2.42. The van der Waals surface area contributed by atoms with E-state index in [4.69, 9.17) is 9.47 Å². The average molecular weight is 368 g/mol. The molecule has 1 spiro atoms. The zero-order valence-electron chi connectivity index (χ0n) is 15.5. The molecule has 25 heavy (non-hydrogen) atoms. The van der Waals surface area contributed by atoms with Gasteiger partial charge in [-0.05, 0) is 38.5 Å². The zero-order valence-corrected chi connectivity index (χ0v) is 16.3. The predicted octanol–water partition coefficient (Wildman–Crippen LogP) is 2.91. The highest BCUT2D eigenvalue weighted by Gasteiger charge is 2.46. The minimum Gasteiger partial charge on any atom is -0.375 e. The van der Waals surface area contributed by atoms with Crippen LogP contribution >= 0.6 is 11.3 Å². The SMILES string of the molecule is Cc1nc(COCCC2CCOC23CCN(C(=O)N(C)C)CC3)cs1. The van der Waals surface area contributed by atoms with E-state index in [1.807, 2.05) is 25.9 Å². The third-order valence-electron chi connectivity index (χ3n) is 5.39. The fourth-order valence-corrected chi connectivity index (χ4v) is 4.58. The summed E-state index contributed by atoms with van der Waals surface area (Å²) in [5.41, 5.74) is 0.972. The van der Waals surface area contributed by atoms with E-state index in [1.165, 1.54) is 0 Å². The first-order valence-corrected chi connectivity index (χ1v) is 9.97. The van der Waals surface area contributed by atoms with E-state index in [9.17, 15) is 4.79 Å². The number of aromatic nitrogens is 1. The first kappa shape index (κ1) is 18.6. The van der Waals surface area contributed by atoms with Crippen molar-refractivity contribution in [3.05, 3.63) is 16.1 Å². The molecule has 3 heterocycles. The van der Waals surface area contributed by atoms with Crippen molar-refractivity contribution >= 4 is 17.4 Å². The molecule has 2 amide bonds. The highest BCUT2D eigenvalue weighted by molar-refractivity contribution is 7.09. The van der Waals surface area contributed by atoms with Crippen LogP contribution in [0.4, 0.5) is 4.79 Å². The summed E-state index contributed by atoms with van der Waals surface area (Å²) in [6.07, 6.45) is 3.98. The summed E-state index contributed by atoms with van der Waals surface area (Å²) in [4.78, 5) is 20.1. The Kier molecular flexibility index (Phi) is 5.96. The van der Waals surface area contributed by atoms with E-state index in [0.29, 0.717) is 12.5 Å². The van der Waals surface area contributed by atoms with E-state index in [1.54, 1.807) is 16.2 Å². The van der Waals surface area contributed by atoms with Crippen molar-refractivity contribution in [2.24, 2.45) is 5.92 Å². The molecule has 7 heteroatoms. The number of ether oxygens (including phenoxy) is 2. The molecule has 2 fully saturated rings. The topological polar surface area (TPSA) is 54.9 Å². The predicted molar refractivity (Wildman–Crippen MR) is 97.8 cm³/mol. The Balaban J connectivity index is 1.45. The molecule has 3 rings (SSSR count). The van der Waals surface area contributed by atoms with Gasteiger partial charge in [-0.2, -0.15) is 0 Å². The van der Waals surface area contributed by atoms with Crippen molar-refractivity contribution in [2.75, 3.05) is 40.4 Å². The molecule has 2 saturated heterocycles. The average Bonchev–Trinajstić information content (AvgIpc) is 3.18. The van der Waals surface area contributed by atoms with E-state index >= 15 is 0 Å². The molecule has 1 unspecified atom stereocenters. The van der Waals surface area contributed by atoms with Gasteiger partial charge >= 0.3 is 6.03 Å². The minimum absolute atomic E-state index is 0.0519. The van der Waals surface area contributed by atoms with E-state index in [-0.39, 0.29) is 11.6 Å². The first-order chi connectivity index (χ1) is 12.0. The smallest absolute Gasteiger partial charge is 0.319 e. The van der Waals surface area contributed by atoms with Crippen molar-refractivity contribution in [1.29, 1.82) is 0 Å². The lowest BCUT2D eigenvalue weighted by atomic mass is 9.78.